The van der Waals surface area contributed by atoms with E-state index in [-0.39, 0.29) is 50.5 Å². The molecule has 7 rings (SSSR count). The second kappa shape index (κ2) is 16.2. The van der Waals surface area contributed by atoms with Crippen molar-refractivity contribution in [2.45, 2.75) is 38.2 Å². The number of pyridine rings is 2. The van der Waals surface area contributed by atoms with Gasteiger partial charge in [0.1, 0.15) is 16.9 Å². The van der Waals surface area contributed by atoms with E-state index in [1.165, 1.54) is 20.0 Å². The summed E-state index contributed by atoms with van der Waals surface area (Å²) in [6, 6.07) is 13.9. The monoisotopic (exact) mass is 816 g/mol. The fourth-order valence-corrected chi connectivity index (χ4v) is 8.06. The zero-order chi connectivity index (χ0) is 37.6. The first kappa shape index (κ1) is 39.4. The zero-order valence-electron chi connectivity index (χ0n) is 29.5. The van der Waals surface area contributed by atoms with Crippen LogP contribution < -0.4 is 26.6 Å². The molecule has 0 saturated carbocycles. The molecule has 0 spiro atoms. The number of aromatic nitrogens is 4. The number of hydrogen-bond donors (Lipinski definition) is 2. The largest absolute Gasteiger partial charge is 2.00 e. The van der Waals surface area contributed by atoms with E-state index in [1.807, 2.05) is 18.2 Å². The second-order valence-electron chi connectivity index (χ2n) is 13.1. The van der Waals surface area contributed by atoms with E-state index in [0.717, 1.165) is 65.1 Å². The van der Waals surface area contributed by atoms with Crippen LogP contribution in [0.4, 0.5) is 20.3 Å². The summed E-state index contributed by atoms with van der Waals surface area (Å²) in [6.45, 7) is 2.37. The van der Waals surface area contributed by atoms with Crippen LogP contribution in [0.15, 0.2) is 58.1 Å². The van der Waals surface area contributed by atoms with E-state index in [0.29, 0.717) is 39.8 Å². The third-order valence-corrected chi connectivity index (χ3v) is 10.9. The molecule has 54 heavy (non-hydrogen) atoms. The van der Waals surface area contributed by atoms with Crippen molar-refractivity contribution in [3.8, 4) is 28.3 Å². The molecule has 0 unspecified atom stereocenters. The number of halogens is 4. The van der Waals surface area contributed by atoms with Gasteiger partial charge in [-0.15, -0.1) is 6.54 Å². The van der Waals surface area contributed by atoms with Crippen LogP contribution in [0.1, 0.15) is 48.6 Å². The number of carbonyl (C=O) groups excluding carboxylic acids is 1. The van der Waals surface area contributed by atoms with Crippen molar-refractivity contribution in [1.82, 2.24) is 29.3 Å². The Morgan fingerprint density at radius 2 is 1.76 bits per heavy atom. The van der Waals surface area contributed by atoms with Gasteiger partial charge in [-0.25, -0.2) is 23.5 Å². The molecule has 1 atom stereocenters. The number of rotatable bonds is 11. The Hall–Kier alpha value is -4.33. The van der Waals surface area contributed by atoms with Crippen LogP contribution >= 0.6 is 23.2 Å². The van der Waals surface area contributed by atoms with E-state index in [2.05, 4.69) is 26.6 Å². The number of nitrogens with zero attached hydrogens (tertiary/aromatic N) is 5. The molecule has 1 saturated heterocycles. The number of hydrogen-bond acceptors (Lipinski definition) is 8. The molecule has 0 bridgehead atoms. The van der Waals surface area contributed by atoms with E-state index in [4.69, 9.17) is 32.9 Å². The first-order valence-corrected chi connectivity index (χ1v) is 17.8. The molecule has 2 aromatic carbocycles. The summed E-state index contributed by atoms with van der Waals surface area (Å²) in [5.41, 5.74) is 2.98. The van der Waals surface area contributed by atoms with E-state index >= 15 is 0 Å². The van der Waals surface area contributed by atoms with Crippen molar-refractivity contribution in [2.75, 3.05) is 32.1 Å². The molecule has 1 radical (unpaired) electrons. The molecule has 3 aromatic heterocycles. The van der Waals surface area contributed by atoms with Crippen molar-refractivity contribution in [2.24, 2.45) is 14.1 Å². The van der Waals surface area contributed by atoms with Crippen molar-refractivity contribution >= 4 is 52.0 Å². The molecule has 281 valence electrons. The summed E-state index contributed by atoms with van der Waals surface area (Å²) in [4.78, 5) is 47.9. The predicted molar refractivity (Wildman–Crippen MR) is 201 cm³/mol. The molecule has 11 nitrogen and oxygen atoms in total. The molecular formula is C38H35Cl2F2MnN7O4. The summed E-state index contributed by atoms with van der Waals surface area (Å²) in [5.74, 6) is 1.77. The summed E-state index contributed by atoms with van der Waals surface area (Å²) >= 11 is 14.1. The van der Waals surface area contributed by atoms with Gasteiger partial charge in [-0.3, -0.25) is 19.8 Å². The number of fused-ring (bicyclic) bond motifs is 2. The maximum atomic E-state index is 14.0. The maximum absolute atomic E-state index is 14.0. The minimum absolute atomic E-state index is 0. The topological polar surface area (TPSA) is 123 Å². The quantitative estimate of drug-likeness (QED) is 0.0657. The Bertz CT molecular complexity index is 2370. The SMILES string of the molecule is COc1nc(-c2cccc(-c3cccc(Nc4nc(C(F)F)cc5c4c(=O)n(C)c(=O)n5C)c3Cl)c2Cl)cc2c1[C@@H](N1CC[C-](CCN[C-]=O)C1)CC2.[Mn+2]. The van der Waals surface area contributed by atoms with E-state index in [9.17, 15) is 23.2 Å². The zero-order valence-corrected chi connectivity index (χ0v) is 32.2. The van der Waals surface area contributed by atoms with Crippen LogP contribution in [-0.4, -0.2) is 57.2 Å². The van der Waals surface area contributed by atoms with Gasteiger partial charge in [-0.05, 0) is 49.7 Å². The van der Waals surface area contributed by atoms with Gasteiger partial charge >= 0.3 is 22.8 Å². The average molecular weight is 818 g/mol. The molecule has 1 aliphatic heterocycles. The number of ether oxygens (including phenoxy) is 1. The molecular weight excluding hydrogens is 782 g/mol. The van der Waals surface area contributed by atoms with Gasteiger partial charge in [0.15, 0.2) is 0 Å². The molecule has 1 amide bonds. The van der Waals surface area contributed by atoms with Gasteiger partial charge in [-0.1, -0.05) is 53.5 Å². The third-order valence-electron chi connectivity index (χ3n) is 10.1. The fourth-order valence-electron chi connectivity index (χ4n) is 7.46. The van der Waals surface area contributed by atoms with Gasteiger partial charge in [0.25, 0.3) is 12.0 Å². The summed E-state index contributed by atoms with van der Waals surface area (Å²) in [5, 5.41) is 6.16. The Labute approximate surface area is 330 Å². The number of benzene rings is 2. The summed E-state index contributed by atoms with van der Waals surface area (Å²) in [7, 11) is 4.32. The minimum atomic E-state index is -2.96. The first-order valence-electron chi connectivity index (χ1n) is 17.0. The van der Waals surface area contributed by atoms with Gasteiger partial charge in [0.2, 0.25) is 5.88 Å². The number of aryl methyl sites for hydroxylation is 2. The van der Waals surface area contributed by atoms with Crippen LogP contribution in [0.5, 0.6) is 5.88 Å². The maximum Gasteiger partial charge on any atom is 2.00 e. The third kappa shape index (κ3) is 7.13. The standard InChI is InChI=1S/C38H35Cl2F2N7O4.Mn/c1-47-29-17-27(34(41)42)45-35(31(29)37(51)48(2)38(47)52)44-25-9-5-7-23(33(25)40)22-6-4-8-24(32(22)39)26-16-21-10-11-28(30(21)36(46-26)53-3)49-15-13-20(18-49)12-14-43-19-50;/h4-9,16-17,28,34H,10-15,18H2,1-3H3,(H,43,50)(H,44,45);/q-2;+2/t28-;/m0./s1. The van der Waals surface area contributed by atoms with Gasteiger partial charge in [0.05, 0.1) is 34.1 Å². The Morgan fingerprint density at radius 3 is 2.48 bits per heavy atom. The molecule has 4 heterocycles. The number of amides is 1. The number of nitrogens with one attached hydrogen (secondary N) is 2. The Kier molecular flexibility index (Phi) is 11.8. The van der Waals surface area contributed by atoms with Crippen molar-refractivity contribution < 1.29 is 35.4 Å². The van der Waals surface area contributed by atoms with E-state index < -0.39 is 23.4 Å². The summed E-state index contributed by atoms with van der Waals surface area (Å²) < 4.78 is 35.8. The fraction of sp³-hybridized carbons (Fsp3) is 0.316. The van der Waals surface area contributed by atoms with Crippen LogP contribution in [-0.2, 0) is 42.4 Å². The molecule has 2 aliphatic rings. The molecule has 2 N–H and O–H groups in total. The predicted octanol–water partition coefficient (Wildman–Crippen LogP) is 6.67. The molecule has 1 aliphatic carbocycles. The van der Waals surface area contributed by atoms with Gasteiger partial charge < -0.3 is 25.1 Å². The normalized spacial score (nSPS) is 15.7. The van der Waals surface area contributed by atoms with Crippen molar-refractivity contribution in [1.29, 1.82) is 0 Å². The Balaban J connectivity index is 0.00000497. The van der Waals surface area contributed by atoms with Gasteiger partial charge in [0, 0.05) is 42.4 Å². The number of methoxy groups -OCH3 is 1. The number of likely N-dealkylation sites (tertiary alicyclic amines) is 1. The Morgan fingerprint density at radius 1 is 1.04 bits per heavy atom. The minimum Gasteiger partial charge on any atom is -0.532 e. The van der Waals surface area contributed by atoms with Crippen molar-refractivity contribution in [3.05, 3.63) is 102 Å². The van der Waals surface area contributed by atoms with Gasteiger partial charge in [-0.2, -0.15) is 19.3 Å². The molecule has 1 fully saturated rings. The van der Waals surface area contributed by atoms with Crippen LogP contribution in [0.2, 0.25) is 10.0 Å². The van der Waals surface area contributed by atoms with Crippen LogP contribution in [0.3, 0.4) is 0 Å². The van der Waals surface area contributed by atoms with Crippen LogP contribution in [0.25, 0.3) is 33.3 Å². The smallest absolute Gasteiger partial charge is 0.532 e. The number of alkyl halides is 2. The second-order valence-corrected chi connectivity index (χ2v) is 13.9. The van der Waals surface area contributed by atoms with Crippen molar-refractivity contribution in [3.63, 3.8) is 0 Å². The van der Waals surface area contributed by atoms with Crippen LogP contribution in [0, 0.1) is 5.92 Å². The molecule has 16 heteroatoms. The van der Waals surface area contributed by atoms with E-state index in [1.54, 1.807) is 31.7 Å². The average Bonchev–Trinajstić information content (AvgIpc) is 3.81. The number of anilines is 2. The molecule has 5 aromatic rings. The first-order chi connectivity index (χ1) is 25.5. The summed E-state index contributed by atoms with van der Waals surface area (Å²) in [6.07, 6.45) is 2.37.